The molecule has 5 rings (SSSR count). The summed E-state index contributed by atoms with van der Waals surface area (Å²) in [7, 11) is 1.60. The summed E-state index contributed by atoms with van der Waals surface area (Å²) in [5, 5.41) is 6.85. The van der Waals surface area contributed by atoms with Crippen LogP contribution < -0.4 is 19.5 Å². The Morgan fingerprint density at radius 2 is 1.81 bits per heavy atom. The van der Waals surface area contributed by atoms with Crippen molar-refractivity contribution in [3.8, 4) is 28.5 Å². The molecule has 9 nitrogen and oxygen atoms in total. The number of methoxy groups -OCH3 is 1. The summed E-state index contributed by atoms with van der Waals surface area (Å²) < 4.78 is 21.7. The van der Waals surface area contributed by atoms with Crippen molar-refractivity contribution in [2.75, 3.05) is 20.3 Å². The number of amides is 3. The Hall–Kier alpha value is -4.01. The Balaban J connectivity index is 1.36. The highest BCUT2D eigenvalue weighted by atomic mass is 16.6. The molecule has 32 heavy (non-hydrogen) atoms. The molecule has 3 heterocycles. The number of hydrogen-bond acceptors (Lipinski definition) is 7. The fourth-order valence-corrected chi connectivity index (χ4v) is 3.83. The minimum Gasteiger partial charge on any atom is -0.497 e. The molecule has 2 aliphatic rings. The Kier molecular flexibility index (Phi) is 4.73. The molecule has 2 aliphatic heterocycles. The third kappa shape index (κ3) is 3.31. The van der Waals surface area contributed by atoms with E-state index in [0.29, 0.717) is 41.7 Å². The van der Waals surface area contributed by atoms with Crippen LogP contribution in [0.5, 0.6) is 17.2 Å². The third-order valence-electron chi connectivity index (χ3n) is 5.65. The molecule has 0 saturated carbocycles. The fraction of sp³-hybridized carbons (Fsp3) is 0.261. The number of nitrogens with one attached hydrogen (secondary N) is 1. The molecule has 164 valence electrons. The van der Waals surface area contributed by atoms with Crippen molar-refractivity contribution in [1.82, 2.24) is 15.4 Å². The van der Waals surface area contributed by atoms with Gasteiger partial charge in [0, 0.05) is 11.6 Å². The lowest BCUT2D eigenvalue weighted by Gasteiger charge is -2.25. The smallest absolute Gasteiger partial charge is 0.325 e. The lowest BCUT2D eigenvalue weighted by atomic mass is 9.91. The van der Waals surface area contributed by atoms with Crippen molar-refractivity contribution in [3.05, 3.63) is 59.9 Å². The van der Waals surface area contributed by atoms with E-state index in [-0.39, 0.29) is 12.5 Å². The van der Waals surface area contributed by atoms with E-state index in [0.717, 1.165) is 16.2 Å². The molecule has 3 aromatic rings. The number of ether oxygens (including phenoxy) is 3. The van der Waals surface area contributed by atoms with Crippen LogP contribution in [0.25, 0.3) is 11.3 Å². The second-order valence-corrected chi connectivity index (χ2v) is 7.71. The minimum absolute atomic E-state index is 0.0338. The predicted octanol–water partition coefficient (Wildman–Crippen LogP) is 3.09. The maximum absolute atomic E-state index is 13.3. The van der Waals surface area contributed by atoms with Crippen LogP contribution in [0.4, 0.5) is 4.79 Å². The van der Waals surface area contributed by atoms with Gasteiger partial charge in [0.05, 0.1) is 13.7 Å². The molecular formula is C23H21N3O6. The Morgan fingerprint density at radius 1 is 1.06 bits per heavy atom. The van der Waals surface area contributed by atoms with Crippen LogP contribution in [0, 0.1) is 0 Å². The molecule has 1 fully saturated rings. The number of hydrogen-bond donors (Lipinski definition) is 1. The number of urea groups is 1. The first kappa shape index (κ1) is 19.9. The number of benzene rings is 2. The number of rotatable bonds is 5. The van der Waals surface area contributed by atoms with Gasteiger partial charge in [-0.3, -0.25) is 9.69 Å². The van der Waals surface area contributed by atoms with Crippen molar-refractivity contribution >= 4 is 11.9 Å². The average Bonchev–Trinajstić information content (AvgIpc) is 3.38. The van der Waals surface area contributed by atoms with Gasteiger partial charge in [0.25, 0.3) is 5.91 Å². The number of carbonyl (C=O) groups is 2. The Morgan fingerprint density at radius 3 is 2.56 bits per heavy atom. The Bertz CT molecular complexity index is 1190. The fourth-order valence-electron chi connectivity index (χ4n) is 3.83. The molecular weight excluding hydrogens is 414 g/mol. The van der Waals surface area contributed by atoms with Crippen LogP contribution >= 0.6 is 0 Å². The SMILES string of the molecule is COc1ccc(-c2cc(CN3C(=O)N[C@](C)(c4ccc5c(c4)OCCO5)C3=O)on2)cc1. The zero-order chi connectivity index (χ0) is 22.3. The van der Waals surface area contributed by atoms with Gasteiger partial charge < -0.3 is 24.1 Å². The van der Waals surface area contributed by atoms with Crippen molar-refractivity contribution in [2.45, 2.75) is 19.0 Å². The molecule has 2 aromatic carbocycles. The molecule has 0 bridgehead atoms. The third-order valence-corrected chi connectivity index (χ3v) is 5.65. The summed E-state index contributed by atoms with van der Waals surface area (Å²) in [4.78, 5) is 27.0. The molecule has 1 aromatic heterocycles. The molecule has 9 heteroatoms. The Labute approximate surface area is 183 Å². The van der Waals surface area contributed by atoms with Gasteiger partial charge in [0.1, 0.15) is 30.2 Å². The second kappa shape index (κ2) is 7.60. The first-order valence-corrected chi connectivity index (χ1v) is 10.1. The largest absolute Gasteiger partial charge is 0.497 e. The maximum Gasteiger partial charge on any atom is 0.325 e. The molecule has 1 N–H and O–H groups in total. The standard InChI is InChI=1S/C23H21N3O6/c1-23(15-5-8-19-20(11-15)31-10-9-30-19)21(27)26(22(28)24-23)13-17-12-18(25-32-17)14-3-6-16(29-2)7-4-14/h3-8,11-12H,9-10,13H2,1-2H3,(H,24,28)/t23-/m1/s1. The van der Waals surface area contributed by atoms with Gasteiger partial charge >= 0.3 is 6.03 Å². The van der Waals surface area contributed by atoms with Gasteiger partial charge in [-0.05, 0) is 48.9 Å². The van der Waals surface area contributed by atoms with E-state index in [9.17, 15) is 9.59 Å². The molecule has 1 saturated heterocycles. The number of carbonyl (C=O) groups excluding carboxylic acids is 2. The number of fused-ring (bicyclic) bond motifs is 1. The van der Waals surface area contributed by atoms with Gasteiger partial charge in [-0.1, -0.05) is 11.2 Å². The summed E-state index contributed by atoms with van der Waals surface area (Å²) >= 11 is 0. The maximum atomic E-state index is 13.3. The van der Waals surface area contributed by atoms with Crippen LogP contribution in [0.15, 0.2) is 53.1 Å². The van der Waals surface area contributed by atoms with Gasteiger partial charge in [0.2, 0.25) is 0 Å². The molecule has 0 radical (unpaired) electrons. The first-order chi connectivity index (χ1) is 15.5. The van der Waals surface area contributed by atoms with E-state index < -0.39 is 11.6 Å². The van der Waals surface area contributed by atoms with Crippen LogP contribution in [0.1, 0.15) is 18.2 Å². The second-order valence-electron chi connectivity index (χ2n) is 7.71. The van der Waals surface area contributed by atoms with Crippen molar-refractivity contribution in [3.63, 3.8) is 0 Å². The molecule has 3 amide bonds. The quantitative estimate of drug-likeness (QED) is 0.614. The van der Waals surface area contributed by atoms with Crippen LogP contribution in [-0.2, 0) is 16.9 Å². The van der Waals surface area contributed by atoms with Crippen molar-refractivity contribution in [1.29, 1.82) is 0 Å². The van der Waals surface area contributed by atoms with E-state index in [1.165, 1.54) is 0 Å². The molecule has 0 spiro atoms. The summed E-state index contributed by atoms with van der Waals surface area (Å²) in [5.74, 6) is 1.90. The predicted molar refractivity (Wildman–Crippen MR) is 112 cm³/mol. The van der Waals surface area contributed by atoms with Gasteiger partial charge in [0.15, 0.2) is 17.3 Å². The zero-order valence-electron chi connectivity index (χ0n) is 17.6. The van der Waals surface area contributed by atoms with E-state index >= 15 is 0 Å². The summed E-state index contributed by atoms with van der Waals surface area (Å²) in [6.45, 7) is 2.54. The molecule has 1 atom stereocenters. The van der Waals surface area contributed by atoms with Gasteiger partial charge in [-0.15, -0.1) is 0 Å². The summed E-state index contributed by atoms with van der Waals surface area (Å²) in [5.41, 5.74) is 0.814. The van der Waals surface area contributed by atoms with Crippen molar-refractivity contribution < 1.29 is 28.3 Å². The lowest BCUT2D eigenvalue weighted by molar-refractivity contribution is -0.131. The number of aromatic nitrogens is 1. The zero-order valence-corrected chi connectivity index (χ0v) is 17.6. The molecule has 0 unspecified atom stereocenters. The van der Waals surface area contributed by atoms with E-state index in [1.54, 1.807) is 38.3 Å². The summed E-state index contributed by atoms with van der Waals surface area (Å²) in [6.07, 6.45) is 0. The monoisotopic (exact) mass is 435 g/mol. The van der Waals surface area contributed by atoms with Crippen LogP contribution in [-0.4, -0.2) is 42.3 Å². The van der Waals surface area contributed by atoms with Gasteiger partial charge in [-0.25, -0.2) is 4.79 Å². The minimum atomic E-state index is -1.23. The highest BCUT2D eigenvalue weighted by Crippen LogP contribution is 2.37. The normalized spacial score (nSPS) is 19.8. The highest BCUT2D eigenvalue weighted by Gasteiger charge is 2.49. The van der Waals surface area contributed by atoms with E-state index in [4.69, 9.17) is 18.7 Å². The summed E-state index contributed by atoms with van der Waals surface area (Å²) in [6, 6.07) is 13.8. The van der Waals surface area contributed by atoms with Gasteiger partial charge in [-0.2, -0.15) is 0 Å². The van der Waals surface area contributed by atoms with Crippen LogP contribution in [0.2, 0.25) is 0 Å². The average molecular weight is 435 g/mol. The van der Waals surface area contributed by atoms with Crippen LogP contribution in [0.3, 0.4) is 0 Å². The number of nitrogens with zero attached hydrogens (tertiary/aromatic N) is 2. The van der Waals surface area contributed by atoms with E-state index in [1.807, 2.05) is 24.3 Å². The van der Waals surface area contributed by atoms with E-state index in [2.05, 4.69) is 10.5 Å². The number of imide groups is 1. The first-order valence-electron chi connectivity index (χ1n) is 10.1. The topological polar surface area (TPSA) is 103 Å². The molecule has 0 aliphatic carbocycles. The highest BCUT2D eigenvalue weighted by molar-refractivity contribution is 6.07. The van der Waals surface area contributed by atoms with Crippen molar-refractivity contribution in [2.24, 2.45) is 0 Å². The lowest BCUT2D eigenvalue weighted by Crippen LogP contribution is -2.40.